The molecule has 0 fully saturated rings. The van der Waals surface area contributed by atoms with Gasteiger partial charge in [-0.15, -0.1) is 0 Å². The fraction of sp³-hybridized carbons (Fsp3) is 0.364. The predicted octanol–water partition coefficient (Wildman–Crippen LogP) is 4.09. The molecule has 0 heterocycles. The number of carbonyl (C=O) groups is 1. The zero-order valence-corrected chi connectivity index (χ0v) is 11.1. The molecule has 5 heteroatoms. The molecular formula is C11H12Cl2O2S. The number of carboxylic acids is 1. The first kappa shape index (κ1) is 13.7. The summed E-state index contributed by atoms with van der Waals surface area (Å²) in [5.74, 6) is -0.0769. The normalized spacial score (nSPS) is 12.4. The maximum absolute atomic E-state index is 10.5. The van der Waals surface area contributed by atoms with Crippen LogP contribution in [0.4, 0.5) is 0 Å². The maximum atomic E-state index is 10.5. The summed E-state index contributed by atoms with van der Waals surface area (Å²) in [7, 11) is 0. The van der Waals surface area contributed by atoms with Gasteiger partial charge in [-0.1, -0.05) is 36.2 Å². The standard InChI is InChI=1S/C11H12Cl2O2S/c1-7(4-11(14)15)16-6-8-2-3-9(12)5-10(8)13/h2-3,5,7H,4,6H2,1H3,(H,14,15). The highest BCUT2D eigenvalue weighted by Crippen LogP contribution is 2.27. The molecule has 1 unspecified atom stereocenters. The fourth-order valence-corrected chi connectivity index (χ4v) is 2.71. The second kappa shape index (κ2) is 6.38. The average molecular weight is 279 g/mol. The molecule has 1 aromatic rings. The van der Waals surface area contributed by atoms with Crippen molar-refractivity contribution in [2.24, 2.45) is 0 Å². The molecule has 0 aliphatic carbocycles. The van der Waals surface area contributed by atoms with Crippen molar-refractivity contribution in [2.45, 2.75) is 24.3 Å². The maximum Gasteiger partial charge on any atom is 0.304 e. The van der Waals surface area contributed by atoms with E-state index in [2.05, 4.69) is 0 Å². The molecule has 1 rings (SSSR count). The van der Waals surface area contributed by atoms with Crippen LogP contribution in [0.5, 0.6) is 0 Å². The van der Waals surface area contributed by atoms with E-state index in [9.17, 15) is 4.79 Å². The van der Waals surface area contributed by atoms with Crippen molar-refractivity contribution >= 4 is 40.9 Å². The van der Waals surface area contributed by atoms with Crippen LogP contribution in [0, 0.1) is 0 Å². The van der Waals surface area contributed by atoms with E-state index in [1.54, 1.807) is 23.9 Å². The lowest BCUT2D eigenvalue weighted by atomic mass is 10.2. The number of aliphatic carboxylic acids is 1. The van der Waals surface area contributed by atoms with Gasteiger partial charge >= 0.3 is 5.97 Å². The van der Waals surface area contributed by atoms with E-state index in [1.807, 2.05) is 13.0 Å². The van der Waals surface area contributed by atoms with E-state index >= 15 is 0 Å². The summed E-state index contributed by atoms with van der Waals surface area (Å²) < 4.78 is 0. The smallest absolute Gasteiger partial charge is 0.304 e. The molecule has 0 saturated carbocycles. The molecule has 0 spiro atoms. The minimum Gasteiger partial charge on any atom is -0.481 e. The number of carboxylic acid groups (broad SMARTS) is 1. The molecule has 2 nitrogen and oxygen atoms in total. The molecule has 0 amide bonds. The zero-order chi connectivity index (χ0) is 12.1. The summed E-state index contributed by atoms with van der Waals surface area (Å²) in [5, 5.41) is 9.92. The van der Waals surface area contributed by atoms with Crippen LogP contribution in [0.25, 0.3) is 0 Å². The van der Waals surface area contributed by atoms with Crippen LogP contribution in [-0.2, 0) is 10.5 Å². The van der Waals surface area contributed by atoms with Crippen molar-refractivity contribution in [3.05, 3.63) is 33.8 Å². The molecule has 88 valence electrons. The van der Waals surface area contributed by atoms with Gasteiger partial charge in [0.15, 0.2) is 0 Å². The van der Waals surface area contributed by atoms with Crippen molar-refractivity contribution in [1.82, 2.24) is 0 Å². The minimum atomic E-state index is -0.776. The van der Waals surface area contributed by atoms with Crippen LogP contribution in [0.1, 0.15) is 18.9 Å². The van der Waals surface area contributed by atoms with E-state index in [-0.39, 0.29) is 11.7 Å². The summed E-state index contributed by atoms with van der Waals surface area (Å²) in [4.78, 5) is 10.5. The summed E-state index contributed by atoms with van der Waals surface area (Å²) >= 11 is 13.4. The molecular weight excluding hydrogens is 267 g/mol. The molecule has 1 N–H and O–H groups in total. The van der Waals surface area contributed by atoms with Crippen LogP contribution >= 0.6 is 35.0 Å². The lowest BCUT2D eigenvalue weighted by molar-refractivity contribution is -0.136. The highest BCUT2D eigenvalue weighted by Gasteiger charge is 2.09. The second-order valence-electron chi connectivity index (χ2n) is 3.46. The Morgan fingerprint density at radius 1 is 1.50 bits per heavy atom. The van der Waals surface area contributed by atoms with E-state index in [4.69, 9.17) is 28.3 Å². The first-order valence-corrected chi connectivity index (χ1v) is 6.57. The van der Waals surface area contributed by atoms with Gasteiger partial charge in [0.05, 0.1) is 6.42 Å². The zero-order valence-electron chi connectivity index (χ0n) is 8.74. The number of hydrogen-bond donors (Lipinski definition) is 1. The Morgan fingerprint density at radius 2 is 2.19 bits per heavy atom. The third kappa shape index (κ3) is 4.64. The lowest BCUT2D eigenvalue weighted by Gasteiger charge is -2.09. The van der Waals surface area contributed by atoms with Gasteiger partial charge in [-0.25, -0.2) is 0 Å². The average Bonchev–Trinajstić information content (AvgIpc) is 2.15. The van der Waals surface area contributed by atoms with Crippen molar-refractivity contribution in [3.63, 3.8) is 0 Å². The van der Waals surface area contributed by atoms with Crippen molar-refractivity contribution in [2.75, 3.05) is 0 Å². The molecule has 0 bridgehead atoms. The van der Waals surface area contributed by atoms with Gasteiger partial charge in [-0.2, -0.15) is 11.8 Å². The molecule has 0 aromatic heterocycles. The lowest BCUT2D eigenvalue weighted by Crippen LogP contribution is -2.05. The summed E-state index contributed by atoms with van der Waals surface area (Å²) in [6.45, 7) is 1.89. The number of benzene rings is 1. The predicted molar refractivity (Wildman–Crippen MR) is 69.5 cm³/mol. The van der Waals surface area contributed by atoms with Gasteiger partial charge in [0.2, 0.25) is 0 Å². The second-order valence-corrected chi connectivity index (χ2v) is 5.73. The van der Waals surface area contributed by atoms with E-state index in [1.165, 1.54) is 0 Å². The van der Waals surface area contributed by atoms with Gasteiger partial charge in [0.1, 0.15) is 0 Å². The topological polar surface area (TPSA) is 37.3 Å². The highest BCUT2D eigenvalue weighted by molar-refractivity contribution is 7.99. The highest BCUT2D eigenvalue weighted by atomic mass is 35.5. The van der Waals surface area contributed by atoms with E-state index in [0.29, 0.717) is 15.8 Å². The van der Waals surface area contributed by atoms with Crippen LogP contribution in [0.3, 0.4) is 0 Å². The van der Waals surface area contributed by atoms with E-state index in [0.717, 1.165) is 5.56 Å². The van der Waals surface area contributed by atoms with Gasteiger partial charge in [0.25, 0.3) is 0 Å². The van der Waals surface area contributed by atoms with Crippen molar-refractivity contribution in [1.29, 1.82) is 0 Å². The van der Waals surface area contributed by atoms with Gasteiger partial charge in [-0.05, 0) is 17.7 Å². The Morgan fingerprint density at radius 3 is 2.75 bits per heavy atom. The minimum absolute atomic E-state index is 0.0734. The number of hydrogen-bond acceptors (Lipinski definition) is 2. The molecule has 0 saturated heterocycles. The number of rotatable bonds is 5. The van der Waals surface area contributed by atoms with E-state index < -0.39 is 5.97 Å². The fourth-order valence-electron chi connectivity index (χ4n) is 1.18. The SMILES string of the molecule is CC(CC(=O)O)SCc1ccc(Cl)cc1Cl. The van der Waals surface area contributed by atoms with Crippen LogP contribution < -0.4 is 0 Å². The molecule has 1 atom stereocenters. The molecule has 16 heavy (non-hydrogen) atoms. The van der Waals surface area contributed by atoms with Crippen LogP contribution in [0.2, 0.25) is 10.0 Å². The summed E-state index contributed by atoms with van der Waals surface area (Å²) in [5.41, 5.74) is 0.980. The summed E-state index contributed by atoms with van der Waals surface area (Å²) in [6.07, 6.45) is 0.163. The Balaban J connectivity index is 2.51. The molecule has 0 aliphatic rings. The van der Waals surface area contributed by atoms with Crippen LogP contribution in [-0.4, -0.2) is 16.3 Å². The molecule has 1 aromatic carbocycles. The van der Waals surface area contributed by atoms with Gasteiger partial charge in [-0.3, -0.25) is 4.79 Å². The Bertz CT molecular complexity index is 382. The monoisotopic (exact) mass is 278 g/mol. The van der Waals surface area contributed by atoms with Gasteiger partial charge < -0.3 is 5.11 Å². The molecule has 0 radical (unpaired) electrons. The molecule has 0 aliphatic heterocycles. The van der Waals surface area contributed by atoms with Crippen LogP contribution in [0.15, 0.2) is 18.2 Å². The third-order valence-electron chi connectivity index (χ3n) is 2.00. The van der Waals surface area contributed by atoms with Gasteiger partial charge in [0, 0.05) is 21.0 Å². The van der Waals surface area contributed by atoms with Crippen molar-refractivity contribution < 1.29 is 9.90 Å². The Labute approximate surface area is 109 Å². The Kier molecular flexibility index (Phi) is 5.46. The Hall–Kier alpha value is -0.380. The first-order valence-electron chi connectivity index (χ1n) is 4.76. The third-order valence-corrected chi connectivity index (χ3v) is 3.80. The summed E-state index contributed by atoms with van der Waals surface area (Å²) in [6, 6.07) is 5.34. The first-order chi connectivity index (χ1) is 7.49. The largest absolute Gasteiger partial charge is 0.481 e. The van der Waals surface area contributed by atoms with Crippen molar-refractivity contribution in [3.8, 4) is 0 Å². The quantitative estimate of drug-likeness (QED) is 0.882. The number of thioether (sulfide) groups is 1. The number of halogens is 2.